The number of ether oxygens (including phenoxy) is 1. The van der Waals surface area contributed by atoms with Gasteiger partial charge in [-0.2, -0.15) is 5.26 Å². The number of ketones is 1. The first-order valence-corrected chi connectivity index (χ1v) is 10.6. The number of amides is 1. The minimum atomic E-state index is -0.995. The lowest BCUT2D eigenvalue weighted by molar-refractivity contribution is -0.132. The Labute approximate surface area is 197 Å². The van der Waals surface area contributed by atoms with E-state index in [0.717, 1.165) is 0 Å². The van der Waals surface area contributed by atoms with Crippen molar-refractivity contribution in [2.75, 3.05) is 12.0 Å². The Bertz CT molecular complexity index is 1340. The second-order valence-electron chi connectivity index (χ2n) is 7.27. The van der Waals surface area contributed by atoms with Crippen LogP contribution in [0.25, 0.3) is 5.76 Å². The summed E-state index contributed by atoms with van der Waals surface area (Å²) >= 11 is 3.36. The van der Waals surface area contributed by atoms with E-state index >= 15 is 0 Å². The number of carbonyl (C=O) groups excluding carboxylic acids is 2. The van der Waals surface area contributed by atoms with Crippen LogP contribution in [0.2, 0.25) is 0 Å². The van der Waals surface area contributed by atoms with Crippen LogP contribution in [0.3, 0.4) is 0 Å². The molecule has 1 aliphatic rings. The van der Waals surface area contributed by atoms with Crippen LogP contribution in [0, 0.1) is 11.3 Å². The highest BCUT2D eigenvalue weighted by atomic mass is 79.9. The average Bonchev–Trinajstić information content (AvgIpc) is 3.09. The number of aliphatic hydroxyl groups is 1. The largest absolute Gasteiger partial charge is 0.508 e. The van der Waals surface area contributed by atoms with Crippen molar-refractivity contribution in [3.8, 4) is 17.6 Å². The minimum absolute atomic E-state index is 0.0508. The van der Waals surface area contributed by atoms with Gasteiger partial charge in [0.25, 0.3) is 11.7 Å². The van der Waals surface area contributed by atoms with Crippen LogP contribution in [0.15, 0.2) is 76.8 Å². The summed E-state index contributed by atoms with van der Waals surface area (Å²) in [6, 6.07) is 18.1. The number of benzene rings is 3. The average molecular weight is 505 g/mol. The van der Waals surface area contributed by atoms with Crippen LogP contribution in [-0.4, -0.2) is 29.0 Å². The van der Waals surface area contributed by atoms with Crippen molar-refractivity contribution in [3.63, 3.8) is 0 Å². The minimum Gasteiger partial charge on any atom is -0.508 e. The van der Waals surface area contributed by atoms with Crippen LogP contribution in [0.5, 0.6) is 11.5 Å². The van der Waals surface area contributed by atoms with E-state index in [1.807, 2.05) is 6.07 Å². The molecule has 0 aliphatic carbocycles. The summed E-state index contributed by atoms with van der Waals surface area (Å²) in [5.41, 5.74) is 1.40. The van der Waals surface area contributed by atoms with E-state index < -0.39 is 17.7 Å². The highest BCUT2D eigenvalue weighted by Crippen LogP contribution is 2.43. The Morgan fingerprint density at radius 1 is 1.09 bits per heavy atom. The molecule has 1 amide bonds. The van der Waals surface area contributed by atoms with Gasteiger partial charge < -0.3 is 14.9 Å². The van der Waals surface area contributed by atoms with Gasteiger partial charge in [-0.1, -0.05) is 12.1 Å². The van der Waals surface area contributed by atoms with Crippen molar-refractivity contribution in [1.82, 2.24) is 0 Å². The van der Waals surface area contributed by atoms with Crippen LogP contribution in [0.1, 0.15) is 22.7 Å². The summed E-state index contributed by atoms with van der Waals surface area (Å²) in [6.45, 7) is 0. The number of hydrogen-bond acceptors (Lipinski definition) is 6. The van der Waals surface area contributed by atoms with E-state index in [-0.39, 0.29) is 17.1 Å². The lowest BCUT2D eigenvalue weighted by Gasteiger charge is -2.25. The molecular weight excluding hydrogens is 488 g/mol. The summed E-state index contributed by atoms with van der Waals surface area (Å²) in [7, 11) is 1.50. The van der Waals surface area contributed by atoms with Gasteiger partial charge in [-0.3, -0.25) is 14.5 Å². The van der Waals surface area contributed by atoms with Gasteiger partial charge in [-0.25, -0.2) is 0 Å². The number of Topliss-reactive ketones (excluding diaryl/α,β-unsaturated/α-hetero) is 1. The van der Waals surface area contributed by atoms with Crippen molar-refractivity contribution in [3.05, 3.63) is 93.5 Å². The van der Waals surface area contributed by atoms with Gasteiger partial charge in [0.15, 0.2) is 0 Å². The van der Waals surface area contributed by atoms with E-state index in [2.05, 4.69) is 15.9 Å². The molecule has 164 valence electrons. The zero-order valence-corrected chi connectivity index (χ0v) is 18.9. The molecule has 4 rings (SSSR count). The predicted octanol–water partition coefficient (Wildman–Crippen LogP) is 4.66. The van der Waals surface area contributed by atoms with Gasteiger partial charge in [0, 0.05) is 11.3 Å². The van der Waals surface area contributed by atoms with Crippen LogP contribution < -0.4 is 9.64 Å². The first-order valence-electron chi connectivity index (χ1n) is 9.79. The molecule has 1 fully saturated rings. The molecule has 1 atom stereocenters. The SMILES string of the molecule is COc1ccc(/C(O)=C2/C(=O)C(=O)N(c3ccc(C#N)cc3)C2c2cccc(O)c2)cc1Br. The number of aromatic hydroxyl groups is 1. The number of rotatable bonds is 4. The van der Waals surface area contributed by atoms with E-state index in [4.69, 9.17) is 10.00 Å². The maximum atomic E-state index is 13.1. The zero-order valence-electron chi connectivity index (χ0n) is 17.3. The molecule has 0 aromatic heterocycles. The number of phenolic OH excluding ortho intramolecular Hbond substituents is 1. The van der Waals surface area contributed by atoms with Gasteiger partial charge in [0.05, 0.1) is 34.8 Å². The van der Waals surface area contributed by atoms with Crippen molar-refractivity contribution in [2.45, 2.75) is 6.04 Å². The molecule has 1 saturated heterocycles. The fraction of sp³-hybridized carbons (Fsp3) is 0.0800. The monoisotopic (exact) mass is 504 g/mol. The van der Waals surface area contributed by atoms with Crippen molar-refractivity contribution in [2.24, 2.45) is 0 Å². The molecule has 1 unspecified atom stereocenters. The van der Waals surface area contributed by atoms with Gasteiger partial charge >= 0.3 is 0 Å². The molecule has 0 spiro atoms. The molecule has 2 N–H and O–H groups in total. The summed E-state index contributed by atoms with van der Waals surface area (Å²) in [5, 5.41) is 30.3. The maximum Gasteiger partial charge on any atom is 0.300 e. The smallest absolute Gasteiger partial charge is 0.300 e. The second-order valence-corrected chi connectivity index (χ2v) is 8.13. The number of anilines is 1. The Morgan fingerprint density at radius 3 is 2.42 bits per heavy atom. The number of nitriles is 1. The number of nitrogens with zero attached hydrogens (tertiary/aromatic N) is 2. The molecule has 3 aromatic rings. The molecule has 7 nitrogen and oxygen atoms in total. The molecular formula is C25H17BrN2O5. The Morgan fingerprint density at radius 2 is 1.82 bits per heavy atom. The normalized spacial score (nSPS) is 17.1. The first-order chi connectivity index (χ1) is 15.8. The summed E-state index contributed by atoms with van der Waals surface area (Å²) in [4.78, 5) is 27.5. The molecule has 0 radical (unpaired) electrons. The number of aliphatic hydroxyl groups excluding tert-OH is 1. The molecule has 1 heterocycles. The Hall–Kier alpha value is -4.09. The van der Waals surface area contributed by atoms with Crippen molar-refractivity contribution in [1.29, 1.82) is 5.26 Å². The summed E-state index contributed by atoms with van der Waals surface area (Å²) in [6.07, 6.45) is 0. The highest BCUT2D eigenvalue weighted by molar-refractivity contribution is 9.10. The third kappa shape index (κ3) is 3.95. The second kappa shape index (κ2) is 8.81. The van der Waals surface area contributed by atoms with Crippen molar-refractivity contribution >= 4 is 39.1 Å². The number of phenols is 1. The van der Waals surface area contributed by atoms with E-state index in [1.165, 1.54) is 36.3 Å². The molecule has 3 aromatic carbocycles. The lowest BCUT2D eigenvalue weighted by atomic mass is 9.95. The molecule has 8 heteroatoms. The number of methoxy groups -OCH3 is 1. The van der Waals surface area contributed by atoms with Crippen molar-refractivity contribution < 1.29 is 24.5 Å². The number of halogens is 1. The molecule has 0 saturated carbocycles. The topological polar surface area (TPSA) is 111 Å². The lowest BCUT2D eigenvalue weighted by Crippen LogP contribution is -2.29. The third-order valence-electron chi connectivity index (χ3n) is 5.33. The van der Waals surface area contributed by atoms with Gasteiger partial charge in [0.1, 0.15) is 17.3 Å². The summed E-state index contributed by atoms with van der Waals surface area (Å²) in [5.74, 6) is -1.57. The fourth-order valence-corrected chi connectivity index (χ4v) is 4.32. The first kappa shape index (κ1) is 22.1. The van der Waals surface area contributed by atoms with Gasteiger partial charge in [-0.05, 0) is 76.1 Å². The molecule has 0 bridgehead atoms. The fourth-order valence-electron chi connectivity index (χ4n) is 3.77. The molecule has 33 heavy (non-hydrogen) atoms. The van der Waals surface area contributed by atoms with E-state index in [9.17, 15) is 19.8 Å². The molecule has 1 aliphatic heterocycles. The van der Waals surface area contributed by atoms with Gasteiger partial charge in [-0.15, -0.1) is 0 Å². The predicted molar refractivity (Wildman–Crippen MR) is 125 cm³/mol. The third-order valence-corrected chi connectivity index (χ3v) is 5.95. The van der Waals surface area contributed by atoms with Crippen LogP contribution in [-0.2, 0) is 9.59 Å². The number of carbonyl (C=O) groups is 2. The van der Waals surface area contributed by atoms with Gasteiger partial charge in [0.2, 0.25) is 0 Å². The quantitative estimate of drug-likeness (QED) is 0.303. The Balaban J connectivity index is 1.94. The summed E-state index contributed by atoms with van der Waals surface area (Å²) < 4.78 is 5.78. The van der Waals surface area contributed by atoms with Crippen LogP contribution >= 0.6 is 15.9 Å². The standard InChI is InChI=1S/C25H17BrN2O5/c1-33-20-10-7-16(12-19(20)26)23(30)21-22(15-3-2-4-18(29)11-15)28(25(32)24(21)31)17-8-5-14(13-27)6-9-17/h2-12,22,29-30H,1H3/b23-21-. The highest BCUT2D eigenvalue weighted by Gasteiger charge is 2.47. The Kier molecular flexibility index (Phi) is 5.90. The number of hydrogen-bond donors (Lipinski definition) is 2. The van der Waals surface area contributed by atoms with E-state index in [1.54, 1.807) is 42.5 Å². The maximum absolute atomic E-state index is 13.1. The van der Waals surface area contributed by atoms with Crippen LogP contribution in [0.4, 0.5) is 5.69 Å². The van der Waals surface area contributed by atoms with E-state index in [0.29, 0.717) is 32.6 Å². The zero-order chi connectivity index (χ0) is 23.7.